The number of alkyl halides is 3. The van der Waals surface area contributed by atoms with Gasteiger partial charge in [-0.25, -0.2) is 0 Å². The number of hydrogen-bond donors (Lipinski definition) is 1. The summed E-state index contributed by atoms with van der Waals surface area (Å²) in [6.07, 6.45) is -4.42. The minimum Gasteiger partial charge on any atom is -0.308 e. The molecule has 1 unspecified atom stereocenters. The summed E-state index contributed by atoms with van der Waals surface area (Å²) in [6, 6.07) is 0.00415. The fourth-order valence-corrected chi connectivity index (χ4v) is 2.34. The third-order valence-corrected chi connectivity index (χ3v) is 3.03. The lowest BCUT2D eigenvalue weighted by Crippen LogP contribution is -2.19. The first kappa shape index (κ1) is 13.4. The average Bonchev–Trinajstić information content (AvgIpc) is 2.59. The van der Waals surface area contributed by atoms with E-state index >= 15 is 0 Å². The minimum absolute atomic E-state index is 0.00415. The first-order valence-electron chi connectivity index (χ1n) is 5.08. The summed E-state index contributed by atoms with van der Waals surface area (Å²) in [5.74, 6) is 0. The van der Waals surface area contributed by atoms with Crippen molar-refractivity contribution in [3.8, 4) is 0 Å². The van der Waals surface area contributed by atoms with Crippen molar-refractivity contribution in [3.63, 3.8) is 0 Å². The Morgan fingerprint density at radius 2 is 2.00 bits per heavy atom. The summed E-state index contributed by atoms with van der Waals surface area (Å²) in [7, 11) is 0. The molecule has 0 spiro atoms. The van der Waals surface area contributed by atoms with E-state index in [0.29, 0.717) is 5.01 Å². The molecule has 0 bridgehead atoms. The fraction of sp³-hybridized carbons (Fsp3) is 0.778. The van der Waals surface area contributed by atoms with Crippen molar-refractivity contribution < 1.29 is 13.2 Å². The molecule has 1 atom stereocenters. The van der Waals surface area contributed by atoms with Crippen molar-refractivity contribution in [1.29, 1.82) is 0 Å². The van der Waals surface area contributed by atoms with Crippen molar-refractivity contribution in [3.05, 3.63) is 10.0 Å². The molecule has 0 radical (unpaired) electrons. The van der Waals surface area contributed by atoms with Gasteiger partial charge in [-0.15, -0.1) is 10.2 Å². The molecule has 0 aliphatic heterocycles. The second kappa shape index (κ2) is 5.58. The molecule has 0 saturated carbocycles. The average molecular weight is 253 g/mol. The van der Waals surface area contributed by atoms with Crippen LogP contribution >= 0.6 is 11.3 Å². The number of rotatable bonds is 5. The zero-order valence-corrected chi connectivity index (χ0v) is 9.95. The van der Waals surface area contributed by atoms with E-state index in [1.54, 1.807) is 0 Å². The Labute approximate surface area is 96.1 Å². The van der Waals surface area contributed by atoms with Crippen molar-refractivity contribution >= 4 is 11.3 Å². The Morgan fingerprint density at radius 1 is 1.31 bits per heavy atom. The van der Waals surface area contributed by atoms with Crippen LogP contribution in [-0.2, 0) is 6.42 Å². The molecule has 0 saturated heterocycles. The minimum atomic E-state index is -4.21. The lowest BCUT2D eigenvalue weighted by Gasteiger charge is -2.11. The normalized spacial score (nSPS) is 14.1. The van der Waals surface area contributed by atoms with Gasteiger partial charge < -0.3 is 5.32 Å². The molecule has 0 aliphatic carbocycles. The van der Waals surface area contributed by atoms with E-state index in [9.17, 15) is 13.2 Å². The predicted octanol–water partition coefficient (Wildman–Crippen LogP) is 2.70. The van der Waals surface area contributed by atoms with E-state index in [0.717, 1.165) is 24.3 Å². The van der Waals surface area contributed by atoms with Crippen LogP contribution in [0.3, 0.4) is 0 Å². The molecule has 92 valence electrons. The predicted molar refractivity (Wildman–Crippen MR) is 56.4 cm³/mol. The topological polar surface area (TPSA) is 37.8 Å². The van der Waals surface area contributed by atoms with Crippen LogP contribution in [0.15, 0.2) is 0 Å². The number of nitrogens with one attached hydrogen (secondary N) is 1. The third kappa shape index (κ3) is 4.05. The molecule has 7 heteroatoms. The lowest BCUT2D eigenvalue weighted by molar-refractivity contribution is -0.127. The quantitative estimate of drug-likeness (QED) is 0.876. The largest absolute Gasteiger partial charge is 0.395 e. The summed E-state index contributed by atoms with van der Waals surface area (Å²) in [6.45, 7) is 4.66. The maximum absolute atomic E-state index is 12.1. The molecule has 1 N–H and O–H groups in total. The second-order valence-corrected chi connectivity index (χ2v) is 4.44. The molecule has 0 amide bonds. The second-order valence-electron chi connectivity index (χ2n) is 3.34. The zero-order valence-electron chi connectivity index (χ0n) is 9.14. The van der Waals surface area contributed by atoms with E-state index in [1.165, 1.54) is 0 Å². The summed E-state index contributed by atoms with van der Waals surface area (Å²) < 4.78 is 36.3. The SMILES string of the molecule is CCNC(CC)c1nnc(CC(F)(F)F)s1. The van der Waals surface area contributed by atoms with Crippen molar-refractivity contribution in [1.82, 2.24) is 15.5 Å². The first-order chi connectivity index (χ1) is 7.46. The standard InChI is InChI=1S/C9H14F3N3S/c1-3-6(13-4-2)8-15-14-7(16-8)5-9(10,11)12/h6,13H,3-5H2,1-2H3. The first-order valence-corrected chi connectivity index (χ1v) is 5.90. The van der Waals surface area contributed by atoms with Crippen LogP contribution in [0.1, 0.15) is 36.3 Å². The Bertz CT molecular complexity index is 324. The van der Waals surface area contributed by atoms with Gasteiger partial charge in [-0.1, -0.05) is 25.2 Å². The van der Waals surface area contributed by atoms with E-state index in [2.05, 4.69) is 15.5 Å². The van der Waals surface area contributed by atoms with Gasteiger partial charge in [-0.2, -0.15) is 13.2 Å². The number of halogens is 3. The molecule has 0 fully saturated rings. The van der Waals surface area contributed by atoms with Crippen molar-refractivity contribution in [2.45, 2.75) is 38.9 Å². The monoisotopic (exact) mass is 253 g/mol. The Kier molecular flexibility index (Phi) is 4.67. The highest BCUT2D eigenvalue weighted by Gasteiger charge is 2.30. The van der Waals surface area contributed by atoms with Gasteiger partial charge >= 0.3 is 6.18 Å². The summed E-state index contributed by atoms with van der Waals surface area (Å²) in [4.78, 5) is 0. The van der Waals surface area contributed by atoms with E-state index in [-0.39, 0.29) is 11.0 Å². The van der Waals surface area contributed by atoms with Gasteiger partial charge in [0.1, 0.15) is 10.0 Å². The lowest BCUT2D eigenvalue weighted by atomic mass is 10.2. The van der Waals surface area contributed by atoms with Crippen LogP contribution in [0, 0.1) is 0 Å². The van der Waals surface area contributed by atoms with Gasteiger partial charge in [0.2, 0.25) is 0 Å². The molecule has 3 nitrogen and oxygen atoms in total. The molecular formula is C9H14F3N3S. The smallest absolute Gasteiger partial charge is 0.308 e. The molecular weight excluding hydrogens is 239 g/mol. The molecule has 1 aromatic heterocycles. The van der Waals surface area contributed by atoms with Gasteiger partial charge in [-0.05, 0) is 13.0 Å². The Balaban J connectivity index is 2.69. The van der Waals surface area contributed by atoms with Gasteiger partial charge in [0.15, 0.2) is 0 Å². The van der Waals surface area contributed by atoms with Gasteiger partial charge in [-0.3, -0.25) is 0 Å². The van der Waals surface area contributed by atoms with Gasteiger partial charge in [0.25, 0.3) is 0 Å². The fourth-order valence-electron chi connectivity index (χ4n) is 1.30. The van der Waals surface area contributed by atoms with Crippen LogP contribution in [0.4, 0.5) is 13.2 Å². The molecule has 0 aromatic carbocycles. The van der Waals surface area contributed by atoms with Crippen LogP contribution in [-0.4, -0.2) is 22.9 Å². The molecule has 1 heterocycles. The molecule has 0 aliphatic rings. The van der Waals surface area contributed by atoms with Crippen molar-refractivity contribution in [2.24, 2.45) is 0 Å². The van der Waals surface area contributed by atoms with Gasteiger partial charge in [0, 0.05) is 0 Å². The zero-order chi connectivity index (χ0) is 12.2. The highest BCUT2D eigenvalue weighted by Crippen LogP contribution is 2.26. The van der Waals surface area contributed by atoms with Crippen LogP contribution in [0.2, 0.25) is 0 Å². The Morgan fingerprint density at radius 3 is 2.50 bits per heavy atom. The summed E-state index contributed by atoms with van der Waals surface area (Å²) >= 11 is 1.03. The highest BCUT2D eigenvalue weighted by molar-refractivity contribution is 7.11. The van der Waals surface area contributed by atoms with Crippen LogP contribution in [0.25, 0.3) is 0 Å². The number of aromatic nitrogens is 2. The molecule has 1 aromatic rings. The third-order valence-electron chi connectivity index (χ3n) is 1.99. The number of hydrogen-bond acceptors (Lipinski definition) is 4. The number of nitrogens with zero attached hydrogens (tertiary/aromatic N) is 2. The van der Waals surface area contributed by atoms with E-state index < -0.39 is 12.6 Å². The molecule has 1 rings (SSSR count). The molecule has 16 heavy (non-hydrogen) atoms. The van der Waals surface area contributed by atoms with Crippen LogP contribution in [0.5, 0.6) is 0 Å². The maximum Gasteiger partial charge on any atom is 0.395 e. The maximum atomic E-state index is 12.1. The van der Waals surface area contributed by atoms with E-state index in [1.807, 2.05) is 13.8 Å². The summed E-state index contributed by atoms with van der Waals surface area (Å²) in [5, 5.41) is 11.2. The van der Waals surface area contributed by atoms with Gasteiger partial charge in [0.05, 0.1) is 12.5 Å². The van der Waals surface area contributed by atoms with Crippen molar-refractivity contribution in [2.75, 3.05) is 6.54 Å². The Hall–Kier alpha value is -0.690. The highest BCUT2D eigenvalue weighted by atomic mass is 32.1. The summed E-state index contributed by atoms with van der Waals surface area (Å²) in [5.41, 5.74) is 0. The van der Waals surface area contributed by atoms with E-state index in [4.69, 9.17) is 0 Å². The van der Waals surface area contributed by atoms with Crippen LogP contribution < -0.4 is 5.32 Å².